The standard InChI is InChI=1S/C21H31F3N4O/c1-15-6-3-4-7-18(15)26-20(29)16(2)27-10-5-11-28(13-12-27)19-9-8-17(14-25-19)21(22,23)24/h8-9,14-16,18H,3-7,10-13H2,1-2H3,(H,26,29)/t15-,16+,18+/m1/s1. The van der Waals surface area contributed by atoms with Crippen molar-refractivity contribution < 1.29 is 18.0 Å². The number of amides is 1. The van der Waals surface area contributed by atoms with Crippen LogP contribution in [0.5, 0.6) is 0 Å². The van der Waals surface area contributed by atoms with Crippen molar-refractivity contribution >= 4 is 11.7 Å². The van der Waals surface area contributed by atoms with E-state index in [1.807, 2.05) is 11.8 Å². The first kappa shape index (κ1) is 21.9. The molecule has 1 saturated heterocycles. The summed E-state index contributed by atoms with van der Waals surface area (Å²) in [6.07, 6.45) is 1.97. The molecule has 1 aliphatic heterocycles. The van der Waals surface area contributed by atoms with E-state index in [0.29, 0.717) is 31.4 Å². The zero-order valence-electron chi connectivity index (χ0n) is 17.2. The van der Waals surface area contributed by atoms with Crippen molar-refractivity contribution in [1.29, 1.82) is 0 Å². The fourth-order valence-corrected chi connectivity index (χ4v) is 4.29. The zero-order valence-corrected chi connectivity index (χ0v) is 17.2. The van der Waals surface area contributed by atoms with Crippen LogP contribution < -0.4 is 10.2 Å². The Morgan fingerprint density at radius 1 is 1.14 bits per heavy atom. The number of carbonyl (C=O) groups is 1. The Bertz CT molecular complexity index is 679. The van der Waals surface area contributed by atoms with Gasteiger partial charge in [-0.1, -0.05) is 19.8 Å². The molecule has 0 unspecified atom stereocenters. The van der Waals surface area contributed by atoms with Crippen LogP contribution in [0.2, 0.25) is 0 Å². The van der Waals surface area contributed by atoms with Gasteiger partial charge in [0.25, 0.3) is 0 Å². The van der Waals surface area contributed by atoms with Crippen LogP contribution in [0.25, 0.3) is 0 Å². The van der Waals surface area contributed by atoms with Crippen LogP contribution in [0.1, 0.15) is 51.5 Å². The SMILES string of the molecule is C[C@@H]1CCCC[C@@H]1NC(=O)[C@H](C)N1CCCN(c2ccc(C(F)(F)F)cn2)CC1. The summed E-state index contributed by atoms with van der Waals surface area (Å²) >= 11 is 0. The summed E-state index contributed by atoms with van der Waals surface area (Å²) in [6, 6.07) is 2.55. The molecule has 0 radical (unpaired) electrons. The van der Waals surface area contributed by atoms with Gasteiger partial charge in [-0.15, -0.1) is 0 Å². The third kappa shape index (κ3) is 5.62. The Balaban J connectivity index is 1.55. The number of halogens is 3. The number of hydrogen-bond acceptors (Lipinski definition) is 4. The topological polar surface area (TPSA) is 48.5 Å². The lowest BCUT2D eigenvalue weighted by molar-refractivity contribution is -0.137. The van der Waals surface area contributed by atoms with Crippen LogP contribution >= 0.6 is 0 Å². The molecule has 0 spiro atoms. The first-order valence-corrected chi connectivity index (χ1v) is 10.6. The lowest BCUT2D eigenvalue weighted by Crippen LogP contribution is -2.51. The lowest BCUT2D eigenvalue weighted by atomic mass is 9.86. The molecule has 2 aliphatic rings. The van der Waals surface area contributed by atoms with Gasteiger partial charge in [-0.05, 0) is 44.2 Å². The van der Waals surface area contributed by atoms with E-state index in [9.17, 15) is 18.0 Å². The highest BCUT2D eigenvalue weighted by atomic mass is 19.4. The molecular weight excluding hydrogens is 381 g/mol. The molecule has 3 rings (SSSR count). The average molecular weight is 413 g/mol. The van der Waals surface area contributed by atoms with Gasteiger partial charge in [-0.2, -0.15) is 13.2 Å². The van der Waals surface area contributed by atoms with Crippen LogP contribution in [0.4, 0.5) is 19.0 Å². The van der Waals surface area contributed by atoms with Crippen molar-refractivity contribution in [3.05, 3.63) is 23.9 Å². The number of carbonyl (C=O) groups excluding carboxylic acids is 1. The highest BCUT2D eigenvalue weighted by Crippen LogP contribution is 2.29. The molecule has 5 nitrogen and oxygen atoms in total. The molecule has 1 aromatic heterocycles. The van der Waals surface area contributed by atoms with Gasteiger partial charge in [0.2, 0.25) is 5.91 Å². The summed E-state index contributed by atoms with van der Waals surface area (Å²) in [5.74, 6) is 1.14. The van der Waals surface area contributed by atoms with Crippen LogP contribution in [-0.2, 0) is 11.0 Å². The average Bonchev–Trinajstić information content (AvgIpc) is 2.95. The quantitative estimate of drug-likeness (QED) is 0.819. The van der Waals surface area contributed by atoms with Crippen molar-refractivity contribution in [2.75, 3.05) is 31.1 Å². The highest BCUT2D eigenvalue weighted by Gasteiger charge is 2.31. The van der Waals surface area contributed by atoms with E-state index < -0.39 is 11.7 Å². The Kier molecular flexibility index (Phi) is 7.03. The summed E-state index contributed by atoms with van der Waals surface area (Å²) in [5.41, 5.74) is -0.736. The molecule has 2 heterocycles. The minimum Gasteiger partial charge on any atom is -0.355 e. The van der Waals surface area contributed by atoms with E-state index in [0.717, 1.165) is 38.1 Å². The molecule has 162 valence electrons. The molecule has 2 fully saturated rings. The molecule has 1 N–H and O–H groups in total. The summed E-state index contributed by atoms with van der Waals surface area (Å²) in [7, 11) is 0. The third-order valence-electron chi connectivity index (χ3n) is 6.30. The van der Waals surface area contributed by atoms with Crippen LogP contribution in [0, 0.1) is 5.92 Å². The normalized spacial score (nSPS) is 25.3. The van der Waals surface area contributed by atoms with Gasteiger partial charge in [-0.3, -0.25) is 9.69 Å². The van der Waals surface area contributed by atoms with Crippen molar-refractivity contribution in [3.8, 4) is 0 Å². The summed E-state index contributed by atoms with van der Waals surface area (Å²) in [6.45, 7) is 6.95. The Labute approximate surface area is 170 Å². The van der Waals surface area contributed by atoms with Gasteiger partial charge in [0.05, 0.1) is 11.6 Å². The van der Waals surface area contributed by atoms with E-state index in [4.69, 9.17) is 0 Å². The highest BCUT2D eigenvalue weighted by molar-refractivity contribution is 5.81. The second-order valence-electron chi connectivity index (χ2n) is 8.33. The zero-order chi connectivity index (χ0) is 21.0. The van der Waals surface area contributed by atoms with Crippen LogP contribution in [0.3, 0.4) is 0 Å². The minimum atomic E-state index is -4.38. The van der Waals surface area contributed by atoms with Crippen LogP contribution in [0.15, 0.2) is 18.3 Å². The van der Waals surface area contributed by atoms with Crippen LogP contribution in [-0.4, -0.2) is 54.1 Å². The second-order valence-corrected chi connectivity index (χ2v) is 8.33. The monoisotopic (exact) mass is 412 g/mol. The fraction of sp³-hybridized carbons (Fsp3) is 0.714. The number of hydrogen-bond donors (Lipinski definition) is 1. The maximum Gasteiger partial charge on any atom is 0.417 e. The molecule has 1 aromatic rings. The van der Waals surface area contributed by atoms with Gasteiger partial charge in [0.1, 0.15) is 5.82 Å². The Hall–Kier alpha value is -1.83. The maximum absolute atomic E-state index is 12.8. The van der Waals surface area contributed by atoms with E-state index in [1.54, 1.807) is 0 Å². The number of pyridine rings is 1. The number of rotatable bonds is 4. The Morgan fingerprint density at radius 3 is 2.55 bits per heavy atom. The van der Waals surface area contributed by atoms with Gasteiger partial charge < -0.3 is 10.2 Å². The maximum atomic E-state index is 12.8. The molecule has 3 atom stereocenters. The predicted molar refractivity (Wildman–Crippen MR) is 107 cm³/mol. The molecular formula is C21H31F3N4O. The summed E-state index contributed by atoms with van der Waals surface area (Å²) < 4.78 is 38.2. The first-order valence-electron chi connectivity index (χ1n) is 10.6. The second kappa shape index (κ2) is 9.32. The summed E-state index contributed by atoms with van der Waals surface area (Å²) in [4.78, 5) is 20.9. The van der Waals surface area contributed by atoms with Gasteiger partial charge >= 0.3 is 6.18 Å². The molecule has 1 aliphatic carbocycles. The number of aromatic nitrogens is 1. The number of anilines is 1. The van der Waals surface area contributed by atoms with E-state index >= 15 is 0 Å². The molecule has 1 amide bonds. The fourth-order valence-electron chi connectivity index (χ4n) is 4.29. The largest absolute Gasteiger partial charge is 0.417 e. The molecule has 0 bridgehead atoms. The van der Waals surface area contributed by atoms with E-state index in [-0.39, 0.29) is 18.0 Å². The molecule has 1 saturated carbocycles. The van der Waals surface area contributed by atoms with E-state index in [2.05, 4.69) is 22.1 Å². The van der Waals surface area contributed by atoms with Crippen molar-refractivity contribution in [3.63, 3.8) is 0 Å². The van der Waals surface area contributed by atoms with Crippen molar-refractivity contribution in [1.82, 2.24) is 15.2 Å². The van der Waals surface area contributed by atoms with E-state index in [1.165, 1.54) is 18.9 Å². The molecule has 29 heavy (non-hydrogen) atoms. The first-order chi connectivity index (χ1) is 13.8. The van der Waals surface area contributed by atoms with Crippen molar-refractivity contribution in [2.24, 2.45) is 5.92 Å². The number of nitrogens with one attached hydrogen (secondary N) is 1. The Morgan fingerprint density at radius 2 is 1.90 bits per heavy atom. The molecule has 8 heteroatoms. The van der Waals surface area contributed by atoms with Gasteiger partial charge in [0, 0.05) is 38.4 Å². The number of alkyl halides is 3. The van der Waals surface area contributed by atoms with Gasteiger partial charge in [-0.25, -0.2) is 4.98 Å². The molecule has 0 aromatic carbocycles. The predicted octanol–water partition coefficient (Wildman–Crippen LogP) is 3.70. The van der Waals surface area contributed by atoms with Crippen molar-refractivity contribution in [2.45, 2.75) is 64.2 Å². The van der Waals surface area contributed by atoms with Gasteiger partial charge in [0.15, 0.2) is 0 Å². The lowest BCUT2D eigenvalue weighted by Gasteiger charge is -2.33. The summed E-state index contributed by atoms with van der Waals surface area (Å²) in [5, 5.41) is 3.24. The number of nitrogens with zero attached hydrogens (tertiary/aromatic N) is 3. The smallest absolute Gasteiger partial charge is 0.355 e. The third-order valence-corrected chi connectivity index (χ3v) is 6.30. The minimum absolute atomic E-state index is 0.0739.